The summed E-state index contributed by atoms with van der Waals surface area (Å²) < 4.78 is 41.7. The van der Waals surface area contributed by atoms with Crippen LogP contribution in [-0.4, -0.2) is 53.9 Å². The SMILES string of the molecule is Cl.O=C(CN(C(=O)c1cc2cc(Cl)ccc2[nH]1)c1ccccc1C(F)(F)F)NCC1CCN(C2CCCC2)CC1. The van der Waals surface area contributed by atoms with Crippen LogP contribution < -0.4 is 10.2 Å². The molecule has 1 aromatic heterocycles. The number of fused-ring (bicyclic) bond motifs is 1. The number of hydrogen-bond donors (Lipinski definition) is 2. The van der Waals surface area contributed by atoms with Gasteiger partial charge in [-0.25, -0.2) is 0 Å². The van der Waals surface area contributed by atoms with E-state index in [0.717, 1.165) is 36.9 Å². The minimum atomic E-state index is -4.70. The Morgan fingerprint density at radius 1 is 1.02 bits per heavy atom. The molecule has 6 nitrogen and oxygen atoms in total. The first-order valence-electron chi connectivity index (χ1n) is 13.5. The van der Waals surface area contributed by atoms with Crippen LogP contribution in [0.2, 0.25) is 5.02 Å². The molecule has 1 aliphatic carbocycles. The molecule has 2 fully saturated rings. The lowest BCUT2D eigenvalue weighted by Crippen LogP contribution is -2.45. The van der Waals surface area contributed by atoms with E-state index in [-0.39, 0.29) is 23.8 Å². The number of aromatic nitrogens is 1. The summed E-state index contributed by atoms with van der Waals surface area (Å²) in [4.78, 5) is 33.0. The van der Waals surface area contributed by atoms with Crippen LogP contribution in [0.1, 0.15) is 54.6 Å². The number of H-pyrrole nitrogens is 1. The van der Waals surface area contributed by atoms with Crippen LogP contribution in [0.4, 0.5) is 18.9 Å². The summed E-state index contributed by atoms with van der Waals surface area (Å²) >= 11 is 6.06. The number of carbonyl (C=O) groups is 2. The molecule has 0 bridgehead atoms. The topological polar surface area (TPSA) is 68.4 Å². The van der Waals surface area contributed by atoms with Crippen LogP contribution in [0.15, 0.2) is 48.5 Å². The van der Waals surface area contributed by atoms with E-state index < -0.39 is 30.1 Å². The van der Waals surface area contributed by atoms with Gasteiger partial charge in [0.05, 0.1) is 11.3 Å². The highest BCUT2D eigenvalue weighted by molar-refractivity contribution is 6.31. The zero-order chi connectivity index (χ0) is 27.6. The number of aromatic amines is 1. The molecule has 40 heavy (non-hydrogen) atoms. The second-order valence-corrected chi connectivity index (χ2v) is 11.0. The van der Waals surface area contributed by atoms with Gasteiger partial charge in [0.25, 0.3) is 5.91 Å². The molecule has 2 heterocycles. The summed E-state index contributed by atoms with van der Waals surface area (Å²) in [6, 6.07) is 12.0. The van der Waals surface area contributed by atoms with E-state index in [2.05, 4.69) is 15.2 Å². The minimum Gasteiger partial charge on any atom is -0.354 e. The maximum atomic E-state index is 13.9. The van der Waals surface area contributed by atoms with Crippen molar-refractivity contribution in [2.24, 2.45) is 5.92 Å². The quantitative estimate of drug-likeness (QED) is 0.320. The molecule has 0 radical (unpaired) electrons. The minimum absolute atomic E-state index is 0. The van der Waals surface area contributed by atoms with Crippen molar-refractivity contribution in [2.75, 3.05) is 31.1 Å². The molecule has 5 rings (SSSR count). The highest BCUT2D eigenvalue weighted by Crippen LogP contribution is 2.37. The second kappa shape index (κ2) is 12.8. The zero-order valence-corrected chi connectivity index (χ0v) is 23.5. The van der Waals surface area contributed by atoms with E-state index in [0.29, 0.717) is 34.4 Å². The Labute approximate surface area is 242 Å². The highest BCUT2D eigenvalue weighted by atomic mass is 35.5. The van der Waals surface area contributed by atoms with Gasteiger partial charge in [-0.1, -0.05) is 36.6 Å². The maximum Gasteiger partial charge on any atom is 0.418 e. The Hall–Kier alpha value is -2.75. The predicted molar refractivity (Wildman–Crippen MR) is 153 cm³/mol. The maximum absolute atomic E-state index is 13.9. The van der Waals surface area contributed by atoms with Gasteiger partial charge in [0.1, 0.15) is 12.2 Å². The monoisotopic (exact) mass is 596 g/mol. The molecular weight excluding hydrogens is 564 g/mol. The van der Waals surface area contributed by atoms with Gasteiger partial charge in [0, 0.05) is 28.5 Å². The van der Waals surface area contributed by atoms with E-state index in [1.807, 2.05) is 0 Å². The molecule has 2 aliphatic rings. The average molecular weight is 598 g/mol. The van der Waals surface area contributed by atoms with Crippen LogP contribution in [0.25, 0.3) is 10.9 Å². The van der Waals surface area contributed by atoms with E-state index in [1.54, 1.807) is 18.2 Å². The highest BCUT2D eigenvalue weighted by Gasteiger charge is 2.37. The lowest BCUT2D eigenvalue weighted by molar-refractivity contribution is -0.137. The number of nitrogens with zero attached hydrogens (tertiary/aromatic N) is 2. The number of halogens is 5. The average Bonchev–Trinajstić information content (AvgIpc) is 3.60. The molecule has 2 aromatic carbocycles. The molecule has 0 unspecified atom stereocenters. The van der Waals surface area contributed by atoms with Gasteiger partial charge in [-0.2, -0.15) is 13.2 Å². The van der Waals surface area contributed by atoms with Crippen molar-refractivity contribution >= 4 is 52.4 Å². The van der Waals surface area contributed by atoms with Crippen molar-refractivity contribution in [3.05, 3.63) is 64.8 Å². The molecule has 1 saturated carbocycles. The largest absolute Gasteiger partial charge is 0.418 e. The summed E-state index contributed by atoms with van der Waals surface area (Å²) in [6.45, 7) is 1.90. The van der Waals surface area contributed by atoms with Crippen molar-refractivity contribution in [1.29, 1.82) is 0 Å². The van der Waals surface area contributed by atoms with Crippen LogP contribution in [-0.2, 0) is 11.0 Å². The molecule has 11 heteroatoms. The third-order valence-corrected chi connectivity index (χ3v) is 8.17. The van der Waals surface area contributed by atoms with Crippen LogP contribution in [0.5, 0.6) is 0 Å². The van der Waals surface area contributed by atoms with Crippen molar-refractivity contribution in [3.63, 3.8) is 0 Å². The number of alkyl halides is 3. The van der Waals surface area contributed by atoms with Gasteiger partial charge in [0.2, 0.25) is 5.91 Å². The molecule has 1 saturated heterocycles. The molecular formula is C29H33Cl2F3N4O2. The number of rotatable bonds is 7. The predicted octanol–water partition coefficient (Wildman–Crippen LogP) is 6.68. The molecule has 1 aliphatic heterocycles. The number of carbonyl (C=O) groups excluding carboxylic acids is 2. The fourth-order valence-corrected chi connectivity index (χ4v) is 6.01. The molecule has 3 aromatic rings. The summed E-state index contributed by atoms with van der Waals surface area (Å²) in [5, 5.41) is 3.98. The third-order valence-electron chi connectivity index (χ3n) is 7.94. The van der Waals surface area contributed by atoms with Crippen LogP contribution >= 0.6 is 24.0 Å². The number of hydrogen-bond acceptors (Lipinski definition) is 3. The summed E-state index contributed by atoms with van der Waals surface area (Å²) in [5.74, 6) is -0.937. The third kappa shape index (κ3) is 6.93. The lowest BCUT2D eigenvalue weighted by atomic mass is 9.95. The Bertz CT molecular complexity index is 1330. The van der Waals surface area contributed by atoms with Crippen molar-refractivity contribution in [1.82, 2.24) is 15.2 Å². The van der Waals surface area contributed by atoms with E-state index in [4.69, 9.17) is 11.6 Å². The molecule has 0 atom stereocenters. The van der Waals surface area contributed by atoms with Gasteiger partial charge in [-0.15, -0.1) is 12.4 Å². The molecule has 2 N–H and O–H groups in total. The Balaban J connectivity index is 0.00000370. The molecule has 216 valence electrons. The fraction of sp³-hybridized carbons (Fsp3) is 0.448. The van der Waals surface area contributed by atoms with Gasteiger partial charge >= 0.3 is 6.18 Å². The number of nitrogens with one attached hydrogen (secondary N) is 2. The van der Waals surface area contributed by atoms with Crippen LogP contribution in [0.3, 0.4) is 0 Å². The van der Waals surface area contributed by atoms with Gasteiger partial charge < -0.3 is 15.2 Å². The first kappa shape index (κ1) is 30.2. The number of anilines is 1. The van der Waals surface area contributed by atoms with Crippen molar-refractivity contribution in [3.8, 4) is 0 Å². The van der Waals surface area contributed by atoms with Crippen molar-refractivity contribution in [2.45, 2.75) is 50.7 Å². The molecule has 0 spiro atoms. The standard InChI is InChI=1S/C29H32ClF3N4O2.ClH/c30-21-9-10-24-20(15-21)16-25(35-24)28(39)37(26-8-4-3-7-23(26)29(31,32)33)18-27(38)34-17-19-11-13-36(14-12-19)22-5-1-2-6-22;/h3-4,7-10,15-16,19,22,35H,1-2,5-6,11-14,17-18H2,(H,34,38);1H. The van der Waals surface area contributed by atoms with Gasteiger partial charge in [-0.3, -0.25) is 14.5 Å². The van der Waals surface area contributed by atoms with Gasteiger partial charge in [-0.05, 0) is 81.1 Å². The van der Waals surface area contributed by atoms with Gasteiger partial charge in [0.15, 0.2) is 0 Å². The number of likely N-dealkylation sites (tertiary alicyclic amines) is 1. The smallest absolute Gasteiger partial charge is 0.354 e. The summed E-state index contributed by atoms with van der Waals surface area (Å²) in [7, 11) is 0. The number of para-hydroxylation sites is 1. The van der Waals surface area contributed by atoms with E-state index in [9.17, 15) is 22.8 Å². The Morgan fingerprint density at radius 3 is 2.42 bits per heavy atom. The number of benzene rings is 2. The number of piperidine rings is 1. The number of amides is 2. The normalized spacial score (nSPS) is 17.1. The molecule has 2 amide bonds. The summed E-state index contributed by atoms with van der Waals surface area (Å²) in [5.41, 5.74) is -0.673. The first-order valence-corrected chi connectivity index (χ1v) is 13.8. The second-order valence-electron chi connectivity index (χ2n) is 10.5. The first-order chi connectivity index (χ1) is 18.7. The Morgan fingerprint density at radius 2 is 1.73 bits per heavy atom. The fourth-order valence-electron chi connectivity index (χ4n) is 5.83. The van der Waals surface area contributed by atoms with E-state index in [1.165, 1.54) is 49.9 Å². The summed E-state index contributed by atoms with van der Waals surface area (Å²) in [6.07, 6.45) is 2.33. The van der Waals surface area contributed by atoms with E-state index >= 15 is 0 Å². The lowest BCUT2D eigenvalue weighted by Gasteiger charge is -2.36. The Kier molecular flexibility index (Phi) is 9.69. The van der Waals surface area contributed by atoms with Crippen molar-refractivity contribution < 1.29 is 22.8 Å². The van der Waals surface area contributed by atoms with Crippen LogP contribution in [0, 0.1) is 5.92 Å². The zero-order valence-electron chi connectivity index (χ0n) is 22.0.